The van der Waals surface area contributed by atoms with Crippen LogP contribution in [0.3, 0.4) is 0 Å². The summed E-state index contributed by atoms with van der Waals surface area (Å²) in [7, 11) is -3.55. The van der Waals surface area contributed by atoms with E-state index in [9.17, 15) is 8.42 Å². The fourth-order valence-corrected chi connectivity index (χ4v) is 3.49. The van der Waals surface area contributed by atoms with Crippen molar-refractivity contribution in [1.82, 2.24) is 14.9 Å². The minimum absolute atomic E-state index is 0.00443. The first-order chi connectivity index (χ1) is 8.51. The van der Waals surface area contributed by atoms with E-state index in [2.05, 4.69) is 14.9 Å². The van der Waals surface area contributed by atoms with Crippen LogP contribution in [0.1, 0.15) is 17.3 Å². The molecule has 0 aromatic carbocycles. The minimum atomic E-state index is -3.55. The molecule has 0 amide bonds. The van der Waals surface area contributed by atoms with Crippen molar-refractivity contribution in [1.29, 1.82) is 0 Å². The van der Waals surface area contributed by atoms with Gasteiger partial charge in [-0.2, -0.15) is 4.98 Å². The SMILES string of the molecule is Cc1nc(CNS(=O)(=O)c2cc(CN)cs2)no1. The number of sulfonamides is 1. The predicted octanol–water partition coefficient (Wildman–Crippen LogP) is 0.377. The number of rotatable bonds is 5. The van der Waals surface area contributed by atoms with Crippen molar-refractivity contribution in [3.8, 4) is 0 Å². The van der Waals surface area contributed by atoms with Gasteiger partial charge < -0.3 is 10.3 Å². The summed E-state index contributed by atoms with van der Waals surface area (Å²) in [6.07, 6.45) is 0. The van der Waals surface area contributed by atoms with E-state index in [1.807, 2.05) is 0 Å². The lowest BCUT2D eigenvalue weighted by Crippen LogP contribution is -2.23. The molecule has 2 heterocycles. The molecule has 2 rings (SSSR count). The third-order valence-corrected chi connectivity index (χ3v) is 5.01. The molecule has 7 nitrogen and oxygen atoms in total. The normalized spacial score (nSPS) is 11.9. The monoisotopic (exact) mass is 288 g/mol. The fourth-order valence-electron chi connectivity index (χ4n) is 1.24. The van der Waals surface area contributed by atoms with Gasteiger partial charge in [0, 0.05) is 13.5 Å². The smallest absolute Gasteiger partial charge is 0.250 e. The maximum atomic E-state index is 11.9. The Morgan fingerprint density at radius 1 is 1.56 bits per heavy atom. The second-order valence-electron chi connectivity index (χ2n) is 3.53. The Morgan fingerprint density at radius 2 is 2.33 bits per heavy atom. The summed E-state index contributed by atoms with van der Waals surface area (Å²) in [5.41, 5.74) is 6.22. The van der Waals surface area contributed by atoms with Crippen molar-refractivity contribution in [3.63, 3.8) is 0 Å². The second kappa shape index (κ2) is 5.14. The number of nitrogens with one attached hydrogen (secondary N) is 1. The molecular formula is C9H12N4O3S2. The van der Waals surface area contributed by atoms with Gasteiger partial charge in [0.15, 0.2) is 5.82 Å². The van der Waals surface area contributed by atoms with Gasteiger partial charge in [0.1, 0.15) is 4.21 Å². The fraction of sp³-hybridized carbons (Fsp3) is 0.333. The number of nitrogens with two attached hydrogens (primary N) is 1. The van der Waals surface area contributed by atoms with E-state index in [4.69, 9.17) is 10.3 Å². The van der Waals surface area contributed by atoms with Gasteiger partial charge in [0.05, 0.1) is 6.54 Å². The van der Waals surface area contributed by atoms with Crippen molar-refractivity contribution in [2.75, 3.05) is 0 Å². The molecule has 0 unspecified atom stereocenters. The molecule has 2 aromatic rings. The van der Waals surface area contributed by atoms with Gasteiger partial charge in [-0.3, -0.25) is 0 Å². The van der Waals surface area contributed by atoms with Gasteiger partial charge in [-0.05, 0) is 17.0 Å². The zero-order chi connectivity index (χ0) is 13.2. The molecule has 0 saturated carbocycles. The van der Waals surface area contributed by atoms with Gasteiger partial charge in [-0.15, -0.1) is 11.3 Å². The highest BCUT2D eigenvalue weighted by Gasteiger charge is 2.17. The molecule has 0 aliphatic heterocycles. The highest BCUT2D eigenvalue weighted by Crippen LogP contribution is 2.19. The summed E-state index contributed by atoms with van der Waals surface area (Å²) in [6, 6.07) is 1.55. The highest BCUT2D eigenvalue weighted by atomic mass is 32.2. The Balaban J connectivity index is 2.07. The average Bonchev–Trinajstić information content (AvgIpc) is 2.95. The average molecular weight is 288 g/mol. The lowest BCUT2D eigenvalue weighted by molar-refractivity contribution is 0.387. The van der Waals surface area contributed by atoms with Crippen molar-refractivity contribution >= 4 is 21.4 Å². The lowest BCUT2D eigenvalue weighted by Gasteiger charge is -2.00. The number of hydrogen-bond acceptors (Lipinski definition) is 7. The molecule has 0 aliphatic rings. The number of nitrogens with zero attached hydrogens (tertiary/aromatic N) is 2. The van der Waals surface area contributed by atoms with Crippen LogP contribution >= 0.6 is 11.3 Å². The minimum Gasteiger partial charge on any atom is -0.340 e. The van der Waals surface area contributed by atoms with Crippen molar-refractivity contribution in [2.24, 2.45) is 5.73 Å². The van der Waals surface area contributed by atoms with E-state index in [1.54, 1.807) is 18.4 Å². The van der Waals surface area contributed by atoms with Crippen LogP contribution in [0.25, 0.3) is 0 Å². The molecule has 98 valence electrons. The summed E-state index contributed by atoms with van der Waals surface area (Å²) in [5.74, 6) is 0.692. The van der Waals surface area contributed by atoms with Crippen LogP contribution < -0.4 is 10.5 Å². The predicted molar refractivity (Wildman–Crippen MR) is 65.3 cm³/mol. The summed E-state index contributed by atoms with van der Waals surface area (Å²) in [6.45, 7) is 1.95. The second-order valence-corrected chi connectivity index (χ2v) is 6.44. The molecule has 9 heteroatoms. The topological polar surface area (TPSA) is 111 Å². The highest BCUT2D eigenvalue weighted by molar-refractivity contribution is 7.91. The molecule has 0 saturated heterocycles. The van der Waals surface area contributed by atoms with Crippen LogP contribution in [0.5, 0.6) is 0 Å². The first kappa shape index (κ1) is 13.1. The Morgan fingerprint density at radius 3 is 2.89 bits per heavy atom. The van der Waals surface area contributed by atoms with Crippen molar-refractivity contribution < 1.29 is 12.9 Å². The van der Waals surface area contributed by atoms with E-state index >= 15 is 0 Å². The third-order valence-electron chi connectivity index (χ3n) is 2.12. The first-order valence-corrected chi connectivity index (χ1v) is 7.44. The van der Waals surface area contributed by atoms with Crippen LogP contribution in [-0.4, -0.2) is 18.6 Å². The van der Waals surface area contributed by atoms with Gasteiger partial charge in [0.25, 0.3) is 0 Å². The van der Waals surface area contributed by atoms with Crippen LogP contribution in [0.15, 0.2) is 20.2 Å². The van der Waals surface area contributed by atoms with E-state index in [0.717, 1.165) is 16.9 Å². The summed E-state index contributed by atoms with van der Waals surface area (Å²) >= 11 is 1.13. The molecule has 3 N–H and O–H groups in total. The van der Waals surface area contributed by atoms with E-state index in [1.165, 1.54) is 0 Å². The number of hydrogen-bond donors (Lipinski definition) is 2. The van der Waals surface area contributed by atoms with Gasteiger partial charge >= 0.3 is 0 Å². The first-order valence-electron chi connectivity index (χ1n) is 5.07. The van der Waals surface area contributed by atoms with Gasteiger partial charge in [-0.1, -0.05) is 5.16 Å². The maximum Gasteiger partial charge on any atom is 0.250 e. The number of aromatic nitrogens is 2. The van der Waals surface area contributed by atoms with Crippen LogP contribution in [-0.2, 0) is 23.1 Å². The maximum absolute atomic E-state index is 11.9. The number of thiophene rings is 1. The molecule has 2 aromatic heterocycles. The van der Waals surface area contributed by atoms with Crippen molar-refractivity contribution in [2.45, 2.75) is 24.2 Å². The van der Waals surface area contributed by atoms with E-state index < -0.39 is 10.0 Å². The van der Waals surface area contributed by atoms with Crippen LogP contribution in [0.2, 0.25) is 0 Å². The quantitative estimate of drug-likeness (QED) is 0.822. The third kappa shape index (κ3) is 2.93. The Labute approximate surface area is 108 Å². The summed E-state index contributed by atoms with van der Waals surface area (Å²) < 4.78 is 31.2. The van der Waals surface area contributed by atoms with Gasteiger partial charge in [-0.25, -0.2) is 13.1 Å². The molecule has 0 radical (unpaired) electrons. The van der Waals surface area contributed by atoms with E-state index in [-0.39, 0.29) is 10.8 Å². The standard InChI is InChI=1S/C9H12N4O3S2/c1-6-12-8(13-16-6)4-11-18(14,15)9-2-7(3-10)5-17-9/h2,5,11H,3-4,10H2,1H3. The molecular weight excluding hydrogens is 276 g/mol. The summed E-state index contributed by atoms with van der Waals surface area (Å²) in [5, 5.41) is 5.32. The Bertz CT molecular complexity index is 632. The Hall–Kier alpha value is -1.29. The van der Waals surface area contributed by atoms with E-state index in [0.29, 0.717) is 18.3 Å². The molecule has 0 atom stereocenters. The zero-order valence-corrected chi connectivity index (χ0v) is 11.2. The molecule has 0 bridgehead atoms. The molecule has 0 fully saturated rings. The van der Waals surface area contributed by atoms with Crippen LogP contribution in [0.4, 0.5) is 0 Å². The number of aryl methyl sites for hydroxylation is 1. The zero-order valence-electron chi connectivity index (χ0n) is 9.58. The summed E-state index contributed by atoms with van der Waals surface area (Å²) in [4.78, 5) is 3.91. The lowest BCUT2D eigenvalue weighted by atomic mass is 10.4. The Kier molecular flexibility index (Phi) is 3.76. The van der Waals surface area contributed by atoms with Crippen molar-refractivity contribution in [3.05, 3.63) is 28.7 Å². The van der Waals surface area contributed by atoms with Crippen LogP contribution in [0, 0.1) is 6.92 Å². The molecule has 18 heavy (non-hydrogen) atoms. The van der Waals surface area contributed by atoms with Gasteiger partial charge in [0.2, 0.25) is 15.9 Å². The largest absolute Gasteiger partial charge is 0.340 e. The molecule has 0 aliphatic carbocycles. The molecule has 0 spiro atoms.